The van der Waals surface area contributed by atoms with Gasteiger partial charge in [-0.2, -0.15) is 0 Å². The van der Waals surface area contributed by atoms with Crippen LogP contribution in [0, 0.1) is 11.8 Å². The molecular weight excluding hydrogens is 511 g/mol. The smallest absolute Gasteiger partial charge is 0.242 e. The Hall–Kier alpha value is -3.41. The van der Waals surface area contributed by atoms with Gasteiger partial charge in [0.05, 0.1) is 13.3 Å². The van der Waals surface area contributed by atoms with Crippen molar-refractivity contribution in [3.8, 4) is 16.9 Å². The summed E-state index contributed by atoms with van der Waals surface area (Å²) in [6.07, 6.45) is 0.512. The van der Waals surface area contributed by atoms with Crippen molar-refractivity contribution in [3.05, 3.63) is 90.0 Å². The molecule has 0 radical (unpaired) electrons. The largest absolute Gasteiger partial charge is 0.497 e. The summed E-state index contributed by atoms with van der Waals surface area (Å²) < 4.78 is 18.8. The number of hydrogen-bond acceptors (Lipinski definition) is 4. The fourth-order valence-electron chi connectivity index (χ4n) is 4.74. The fraction of sp³-hybridized carbons (Fsp3) is 0.355. The number of benzene rings is 3. The molecule has 0 fully saturated rings. The molecule has 2 amide bonds. The number of nitrogens with one attached hydrogen (secondary N) is 2. The summed E-state index contributed by atoms with van der Waals surface area (Å²) in [5.41, 5.74) is 3.49. The van der Waals surface area contributed by atoms with Crippen LogP contribution in [-0.2, 0) is 26.7 Å². The molecule has 0 aliphatic rings. The second-order valence-electron chi connectivity index (χ2n) is 10.3. The second-order valence-corrected chi connectivity index (χ2v) is 12.6. The summed E-state index contributed by atoms with van der Waals surface area (Å²) >= 11 is 0. The average Bonchev–Trinajstić information content (AvgIpc) is 2.92. The maximum absolute atomic E-state index is 13.6. The van der Waals surface area contributed by atoms with Gasteiger partial charge in [0.2, 0.25) is 19.2 Å². The zero-order chi connectivity index (χ0) is 28.4. The summed E-state index contributed by atoms with van der Waals surface area (Å²) in [6.45, 7) is 3.95. The van der Waals surface area contributed by atoms with Gasteiger partial charge in [0, 0.05) is 25.5 Å². The van der Waals surface area contributed by atoms with E-state index in [1.807, 2.05) is 80.6 Å². The predicted octanol–water partition coefficient (Wildman–Crippen LogP) is 5.27. The highest BCUT2D eigenvalue weighted by Crippen LogP contribution is 2.48. The van der Waals surface area contributed by atoms with Gasteiger partial charge in [-0.3, -0.25) is 14.2 Å². The normalized spacial score (nSPS) is 14.2. The third-order valence-corrected chi connectivity index (χ3v) is 8.48. The van der Waals surface area contributed by atoms with Crippen LogP contribution in [0.4, 0.5) is 0 Å². The number of ether oxygens (including phenoxy) is 1. The number of methoxy groups -OCH3 is 1. The summed E-state index contributed by atoms with van der Waals surface area (Å²) in [6, 6.07) is 23.8. The molecule has 0 spiro atoms. The highest BCUT2D eigenvalue weighted by molar-refractivity contribution is 7.57. The molecule has 208 valence electrons. The highest BCUT2D eigenvalue weighted by Gasteiger charge is 2.32. The number of rotatable bonds is 13. The maximum Gasteiger partial charge on any atom is 0.242 e. The van der Waals surface area contributed by atoms with Crippen LogP contribution in [0.3, 0.4) is 0 Å². The summed E-state index contributed by atoms with van der Waals surface area (Å²) in [7, 11) is -0.651. The second kappa shape index (κ2) is 14.1. The number of carbonyl (C=O) groups excluding carboxylic acids is 2. The van der Waals surface area contributed by atoms with Crippen molar-refractivity contribution in [2.75, 3.05) is 20.3 Å². The van der Waals surface area contributed by atoms with Crippen molar-refractivity contribution < 1.29 is 23.8 Å². The highest BCUT2D eigenvalue weighted by atomic mass is 31.2. The minimum absolute atomic E-state index is 0.0370. The van der Waals surface area contributed by atoms with Gasteiger partial charge in [-0.05, 0) is 46.7 Å². The van der Waals surface area contributed by atoms with E-state index in [0.29, 0.717) is 12.2 Å². The van der Waals surface area contributed by atoms with Gasteiger partial charge in [0.1, 0.15) is 11.8 Å². The molecule has 8 heteroatoms. The number of likely N-dealkylation sites (N-methyl/N-ethyl adjacent to an activating group) is 1. The molecule has 3 atom stereocenters. The molecule has 3 aromatic carbocycles. The Labute approximate surface area is 231 Å². The van der Waals surface area contributed by atoms with Crippen LogP contribution in [-0.4, -0.2) is 43.1 Å². The number of carbonyl (C=O) groups is 2. The van der Waals surface area contributed by atoms with Crippen LogP contribution in [0.25, 0.3) is 11.1 Å². The molecule has 3 N–H and O–H groups in total. The van der Waals surface area contributed by atoms with Crippen molar-refractivity contribution in [1.82, 2.24) is 10.6 Å². The third-order valence-electron chi connectivity index (χ3n) is 6.63. The lowest BCUT2D eigenvalue weighted by molar-refractivity contribution is -0.130. The summed E-state index contributed by atoms with van der Waals surface area (Å²) in [5.74, 6) is -0.614. The molecule has 0 aliphatic carbocycles. The molecule has 3 rings (SSSR count). The first-order valence-corrected chi connectivity index (χ1v) is 15.2. The van der Waals surface area contributed by atoms with E-state index in [4.69, 9.17) is 4.74 Å². The monoisotopic (exact) mass is 550 g/mol. The topological polar surface area (TPSA) is 105 Å². The van der Waals surface area contributed by atoms with Crippen molar-refractivity contribution in [2.24, 2.45) is 11.8 Å². The van der Waals surface area contributed by atoms with Gasteiger partial charge in [0.25, 0.3) is 0 Å². The van der Waals surface area contributed by atoms with Gasteiger partial charge in [-0.1, -0.05) is 80.6 Å². The van der Waals surface area contributed by atoms with Crippen LogP contribution >= 0.6 is 7.37 Å². The van der Waals surface area contributed by atoms with E-state index in [9.17, 15) is 19.0 Å². The molecular formula is C31H39N2O5P. The van der Waals surface area contributed by atoms with Crippen molar-refractivity contribution in [2.45, 2.75) is 38.9 Å². The Morgan fingerprint density at radius 3 is 2.18 bits per heavy atom. The molecule has 7 nitrogen and oxygen atoms in total. The molecule has 39 heavy (non-hydrogen) atoms. The van der Waals surface area contributed by atoms with E-state index < -0.39 is 25.2 Å². The van der Waals surface area contributed by atoms with E-state index in [1.54, 1.807) is 19.2 Å². The van der Waals surface area contributed by atoms with E-state index >= 15 is 0 Å². The minimum atomic E-state index is -3.75. The van der Waals surface area contributed by atoms with Crippen LogP contribution in [0.1, 0.15) is 31.4 Å². The van der Waals surface area contributed by atoms with Gasteiger partial charge < -0.3 is 20.3 Å². The zero-order valence-electron chi connectivity index (χ0n) is 23.1. The predicted molar refractivity (Wildman–Crippen MR) is 156 cm³/mol. The lowest BCUT2D eigenvalue weighted by atomic mass is 9.97. The first-order chi connectivity index (χ1) is 18.6. The molecule has 0 aromatic heterocycles. The van der Waals surface area contributed by atoms with Gasteiger partial charge in [-0.15, -0.1) is 0 Å². The first kappa shape index (κ1) is 30.1. The Morgan fingerprint density at radius 1 is 0.923 bits per heavy atom. The van der Waals surface area contributed by atoms with Gasteiger partial charge >= 0.3 is 0 Å². The number of amides is 2. The maximum atomic E-state index is 13.6. The average molecular weight is 551 g/mol. The van der Waals surface area contributed by atoms with Crippen LogP contribution < -0.4 is 15.4 Å². The lowest BCUT2D eigenvalue weighted by Gasteiger charge is -2.25. The van der Waals surface area contributed by atoms with E-state index in [1.165, 1.54) is 7.05 Å². The quantitative estimate of drug-likeness (QED) is 0.252. The summed E-state index contributed by atoms with van der Waals surface area (Å²) in [4.78, 5) is 37.3. The summed E-state index contributed by atoms with van der Waals surface area (Å²) in [5, 5.41) is 5.47. The molecule has 0 aliphatic heterocycles. The molecule has 2 unspecified atom stereocenters. The van der Waals surface area contributed by atoms with Crippen molar-refractivity contribution >= 4 is 19.2 Å². The minimum Gasteiger partial charge on any atom is -0.497 e. The van der Waals surface area contributed by atoms with Crippen LogP contribution in [0.2, 0.25) is 0 Å². The molecule has 0 heterocycles. The molecule has 3 aromatic rings. The van der Waals surface area contributed by atoms with Gasteiger partial charge in [-0.25, -0.2) is 0 Å². The van der Waals surface area contributed by atoms with Crippen LogP contribution in [0.15, 0.2) is 78.9 Å². The third kappa shape index (κ3) is 9.09. The standard InChI is InChI=1S/C31H39N2O5P/c1-22(2)18-26(30(34)33-29(31(35)32-3)19-23-14-16-27(38-4)17-15-23)21-39(36,37)20-25-12-8-9-13-28(25)24-10-6-5-7-11-24/h5-17,22,26,29H,18-21H2,1-4H3,(H,32,35)(H,33,34)(H,36,37)/t26?,29-/m1/s1. The Kier molecular flexibility index (Phi) is 10.9. The van der Waals surface area contributed by atoms with Crippen molar-refractivity contribution in [1.29, 1.82) is 0 Å². The van der Waals surface area contributed by atoms with Gasteiger partial charge in [0.15, 0.2) is 0 Å². The van der Waals surface area contributed by atoms with E-state index in [-0.39, 0.29) is 30.6 Å². The molecule has 0 saturated heterocycles. The zero-order valence-corrected chi connectivity index (χ0v) is 24.0. The fourth-order valence-corrected chi connectivity index (χ4v) is 6.68. The molecule has 0 bridgehead atoms. The van der Waals surface area contributed by atoms with E-state index in [2.05, 4.69) is 10.6 Å². The Morgan fingerprint density at radius 2 is 1.56 bits per heavy atom. The lowest BCUT2D eigenvalue weighted by Crippen LogP contribution is -2.49. The molecule has 0 saturated carbocycles. The van der Waals surface area contributed by atoms with E-state index in [0.717, 1.165) is 22.3 Å². The van der Waals surface area contributed by atoms with Crippen molar-refractivity contribution in [3.63, 3.8) is 0 Å². The Balaban J connectivity index is 1.78. The number of hydrogen-bond donors (Lipinski definition) is 3. The van der Waals surface area contributed by atoms with Crippen LogP contribution in [0.5, 0.6) is 5.75 Å². The SMILES string of the molecule is CNC(=O)[C@@H](Cc1ccc(OC)cc1)NC(=O)C(CC(C)C)CP(=O)(O)Cc1ccccc1-c1ccccc1. The Bertz CT molecular complexity index is 1280. The first-order valence-electron chi connectivity index (χ1n) is 13.2.